The van der Waals surface area contributed by atoms with Gasteiger partial charge in [0.05, 0.1) is 6.61 Å². The Hall–Kier alpha value is -1.32. The van der Waals surface area contributed by atoms with E-state index in [-0.39, 0.29) is 39.7 Å². The molecule has 5 fully saturated rings. The van der Waals surface area contributed by atoms with E-state index in [1.54, 1.807) is 13.8 Å². The molecule has 0 saturated heterocycles. The van der Waals surface area contributed by atoms with Crippen LogP contribution in [0.4, 0.5) is 0 Å². The molecule has 0 spiro atoms. The second-order valence-corrected chi connectivity index (χ2v) is 15.8. The van der Waals surface area contributed by atoms with Crippen LogP contribution < -0.4 is 0 Å². The Bertz CT molecular complexity index is 998. The van der Waals surface area contributed by atoms with E-state index in [2.05, 4.69) is 48.1 Å². The topological polar surface area (TPSA) is 52.6 Å². The molecule has 0 bridgehead atoms. The van der Waals surface area contributed by atoms with Crippen LogP contribution in [0.15, 0.2) is 12.2 Å². The van der Waals surface area contributed by atoms with Gasteiger partial charge in [0, 0.05) is 24.7 Å². The first kappa shape index (κ1) is 28.2. The number of carbonyl (C=O) groups is 2. The maximum absolute atomic E-state index is 11.9. The van der Waals surface area contributed by atoms with E-state index in [4.69, 9.17) is 9.47 Å². The minimum absolute atomic E-state index is 0.00000109. The van der Waals surface area contributed by atoms with Gasteiger partial charge in [-0.25, -0.2) is 0 Å². The molecule has 4 nitrogen and oxygen atoms in total. The highest BCUT2D eigenvalue weighted by Crippen LogP contribution is 2.77. The molecule has 5 aliphatic carbocycles. The van der Waals surface area contributed by atoms with Gasteiger partial charge in [-0.05, 0) is 117 Å². The molecule has 0 heterocycles. The summed E-state index contributed by atoms with van der Waals surface area (Å²) < 4.78 is 11.7. The lowest BCUT2D eigenvalue weighted by molar-refractivity contribution is -0.252. The molecule has 0 aromatic carbocycles. The number of ether oxygens (including phenoxy) is 2. The Morgan fingerprint density at radius 2 is 1.47 bits per heavy atom. The van der Waals surface area contributed by atoms with E-state index in [1.807, 2.05) is 0 Å². The van der Waals surface area contributed by atoms with Crippen molar-refractivity contribution >= 4 is 11.9 Å². The molecule has 0 radical (unpaired) electrons. The maximum Gasteiger partial charge on any atom is 0.302 e. The number of hydrogen-bond acceptors (Lipinski definition) is 4. The van der Waals surface area contributed by atoms with Crippen molar-refractivity contribution in [1.82, 2.24) is 0 Å². The zero-order valence-corrected chi connectivity index (χ0v) is 25.6. The minimum atomic E-state index is -0.140. The molecular weight excluding hydrogens is 472 g/mol. The average molecular weight is 527 g/mol. The van der Waals surface area contributed by atoms with Gasteiger partial charge in [0.2, 0.25) is 0 Å². The molecule has 5 rings (SSSR count). The molecular formula is C34H54O4. The van der Waals surface area contributed by atoms with Gasteiger partial charge in [-0.15, -0.1) is 0 Å². The van der Waals surface area contributed by atoms with Crippen molar-refractivity contribution in [2.75, 3.05) is 6.61 Å². The molecule has 0 aromatic heterocycles. The van der Waals surface area contributed by atoms with Gasteiger partial charge in [0.25, 0.3) is 0 Å². The summed E-state index contributed by atoms with van der Waals surface area (Å²) in [6.07, 6.45) is 12.0. The number of carbonyl (C=O) groups excluding carboxylic acids is 2. The highest BCUT2D eigenvalue weighted by atomic mass is 16.5. The molecule has 0 aromatic rings. The monoisotopic (exact) mass is 526 g/mol. The third-order valence-electron chi connectivity index (χ3n) is 14.0. The van der Waals surface area contributed by atoms with Crippen LogP contribution in [0.2, 0.25) is 0 Å². The van der Waals surface area contributed by atoms with E-state index >= 15 is 0 Å². The fraction of sp³-hybridized carbons (Fsp3) is 0.882. The summed E-state index contributed by atoms with van der Waals surface area (Å²) >= 11 is 0. The van der Waals surface area contributed by atoms with Crippen LogP contribution in [-0.2, 0) is 19.1 Å². The van der Waals surface area contributed by atoms with Gasteiger partial charge in [-0.2, -0.15) is 0 Å². The van der Waals surface area contributed by atoms with Crippen molar-refractivity contribution in [2.24, 2.45) is 56.7 Å². The van der Waals surface area contributed by atoms with Crippen LogP contribution in [0.1, 0.15) is 120 Å². The highest BCUT2D eigenvalue weighted by molar-refractivity contribution is 5.66. The van der Waals surface area contributed by atoms with Crippen LogP contribution >= 0.6 is 0 Å². The lowest BCUT2D eigenvalue weighted by atomic mass is 9.32. The first-order valence-corrected chi connectivity index (χ1v) is 15.6. The highest BCUT2D eigenvalue weighted by Gasteiger charge is 2.71. The van der Waals surface area contributed by atoms with Gasteiger partial charge >= 0.3 is 11.9 Å². The Balaban J connectivity index is 1.49. The van der Waals surface area contributed by atoms with Gasteiger partial charge in [0.15, 0.2) is 0 Å². The van der Waals surface area contributed by atoms with Crippen LogP contribution in [-0.4, -0.2) is 24.6 Å². The van der Waals surface area contributed by atoms with E-state index < -0.39 is 0 Å². The van der Waals surface area contributed by atoms with Crippen molar-refractivity contribution in [3.63, 3.8) is 0 Å². The summed E-state index contributed by atoms with van der Waals surface area (Å²) in [6.45, 7) is 23.1. The molecule has 4 heteroatoms. The molecule has 5 aliphatic rings. The standard InChI is InChI=1S/C34H54O4/c1-21(2)24-12-17-34(20-37-22(3)35)19-18-32(8)25(29(24)34)10-11-27-31(7)15-14-28(38-23(4)36)30(5,6)26(31)13-16-33(27,32)9/h24-29H,1,10-20H2,2-9H3/t24-,25-,26-,27-,28-,29-,31+,32-,33-,34-/m0/s1. The van der Waals surface area contributed by atoms with Crippen molar-refractivity contribution in [1.29, 1.82) is 0 Å². The van der Waals surface area contributed by atoms with Gasteiger partial charge in [-0.1, -0.05) is 46.8 Å². The first-order chi connectivity index (χ1) is 17.6. The molecule has 10 atom stereocenters. The number of rotatable bonds is 4. The third kappa shape index (κ3) is 3.80. The fourth-order valence-electron chi connectivity index (χ4n) is 12.2. The second-order valence-electron chi connectivity index (χ2n) is 15.8. The predicted octanol–water partition coefficient (Wildman–Crippen LogP) is 8.14. The summed E-state index contributed by atoms with van der Waals surface area (Å²) in [6, 6.07) is 0. The fourth-order valence-corrected chi connectivity index (χ4v) is 12.2. The molecule has 5 saturated carbocycles. The average Bonchev–Trinajstić information content (AvgIpc) is 3.20. The van der Waals surface area contributed by atoms with Crippen LogP contribution in [0, 0.1) is 56.7 Å². The minimum Gasteiger partial charge on any atom is -0.465 e. The molecule has 214 valence electrons. The summed E-state index contributed by atoms with van der Waals surface area (Å²) in [7, 11) is 0. The number of fused-ring (bicyclic) bond motifs is 7. The quantitative estimate of drug-likeness (QED) is 0.274. The van der Waals surface area contributed by atoms with Crippen molar-refractivity contribution in [2.45, 2.75) is 126 Å². The number of allylic oxidation sites excluding steroid dienone is 1. The summed E-state index contributed by atoms with van der Waals surface area (Å²) in [5.41, 5.74) is 2.30. The molecule has 38 heavy (non-hydrogen) atoms. The Labute approximate surface area is 232 Å². The van der Waals surface area contributed by atoms with E-state index in [0.29, 0.717) is 41.6 Å². The summed E-state index contributed by atoms with van der Waals surface area (Å²) in [5, 5.41) is 0. The van der Waals surface area contributed by atoms with Crippen molar-refractivity contribution in [3.8, 4) is 0 Å². The maximum atomic E-state index is 11.9. The smallest absolute Gasteiger partial charge is 0.302 e. The van der Waals surface area contributed by atoms with E-state index in [1.165, 1.54) is 56.9 Å². The van der Waals surface area contributed by atoms with Gasteiger partial charge < -0.3 is 9.47 Å². The van der Waals surface area contributed by atoms with Crippen LogP contribution in [0.25, 0.3) is 0 Å². The lowest BCUT2D eigenvalue weighted by Crippen LogP contribution is -2.67. The van der Waals surface area contributed by atoms with Crippen LogP contribution in [0.5, 0.6) is 0 Å². The van der Waals surface area contributed by atoms with Gasteiger partial charge in [0.1, 0.15) is 6.10 Å². The molecule has 0 aliphatic heterocycles. The van der Waals surface area contributed by atoms with Gasteiger partial charge in [-0.3, -0.25) is 9.59 Å². The number of hydrogen-bond donors (Lipinski definition) is 0. The summed E-state index contributed by atoms with van der Waals surface area (Å²) in [4.78, 5) is 23.8. The molecule has 0 amide bonds. The van der Waals surface area contributed by atoms with E-state index in [9.17, 15) is 9.59 Å². The second kappa shape index (κ2) is 9.10. The number of esters is 2. The molecule has 0 N–H and O–H groups in total. The Morgan fingerprint density at radius 3 is 2.11 bits per heavy atom. The third-order valence-corrected chi connectivity index (χ3v) is 14.0. The van der Waals surface area contributed by atoms with E-state index in [0.717, 1.165) is 12.8 Å². The normalized spacial score (nSPS) is 49.1. The lowest BCUT2D eigenvalue weighted by Gasteiger charge is -2.73. The SMILES string of the molecule is C=C(C)[C@@H]1CC[C@@]2(COC(C)=O)CC[C@@]3(C)[C@@H](CC[C@H]4[C@]5(C)CC[C@H](OC(C)=O)C(C)(C)[C@@H]5CC[C@@]43C)[C@H]12. The Morgan fingerprint density at radius 1 is 0.763 bits per heavy atom. The molecule has 0 unspecified atom stereocenters. The summed E-state index contributed by atoms with van der Waals surface area (Å²) in [5.74, 6) is 2.76. The zero-order valence-electron chi connectivity index (χ0n) is 25.6. The van der Waals surface area contributed by atoms with Crippen LogP contribution in [0.3, 0.4) is 0 Å². The van der Waals surface area contributed by atoms with Crippen molar-refractivity contribution < 1.29 is 19.1 Å². The predicted molar refractivity (Wildman–Crippen MR) is 151 cm³/mol. The first-order valence-electron chi connectivity index (χ1n) is 15.6. The Kier molecular flexibility index (Phi) is 6.76. The van der Waals surface area contributed by atoms with Crippen molar-refractivity contribution in [3.05, 3.63) is 12.2 Å². The zero-order chi connectivity index (χ0) is 27.9. The largest absolute Gasteiger partial charge is 0.465 e.